The molecular weight excluding hydrogens is 372 g/mol. The zero-order valence-electron chi connectivity index (χ0n) is 17.3. The van der Waals surface area contributed by atoms with Crippen molar-refractivity contribution in [2.45, 2.75) is 19.8 Å². The smallest absolute Gasteiger partial charge is 0.289 e. The second-order valence-electron chi connectivity index (χ2n) is 7.65. The lowest BCUT2D eigenvalue weighted by Crippen LogP contribution is -2.37. The minimum Gasteiger partial charge on any atom is -0.497 e. The van der Waals surface area contributed by atoms with E-state index in [-0.39, 0.29) is 29.4 Å². The van der Waals surface area contributed by atoms with Crippen molar-refractivity contribution in [2.75, 3.05) is 33.9 Å². The van der Waals surface area contributed by atoms with Gasteiger partial charge in [-0.25, -0.2) is 0 Å². The summed E-state index contributed by atoms with van der Waals surface area (Å²) in [4.78, 5) is 27.5. The van der Waals surface area contributed by atoms with Gasteiger partial charge >= 0.3 is 0 Å². The van der Waals surface area contributed by atoms with E-state index in [1.165, 1.54) is 6.26 Å². The predicted molar refractivity (Wildman–Crippen MR) is 108 cm³/mol. The summed E-state index contributed by atoms with van der Waals surface area (Å²) in [5.74, 6) is 1.08. The summed E-state index contributed by atoms with van der Waals surface area (Å²) in [6, 6.07) is 8.87. The number of likely N-dealkylation sites (tertiary alicyclic amines) is 1. The molecule has 0 aliphatic carbocycles. The van der Waals surface area contributed by atoms with Gasteiger partial charge in [0.1, 0.15) is 11.5 Å². The summed E-state index contributed by atoms with van der Waals surface area (Å²) in [7, 11) is 3.18. The molecule has 2 atom stereocenters. The lowest BCUT2D eigenvalue weighted by molar-refractivity contribution is -0.125. The highest BCUT2D eigenvalue weighted by atomic mass is 16.5. The van der Waals surface area contributed by atoms with Crippen LogP contribution in [0.2, 0.25) is 0 Å². The van der Waals surface area contributed by atoms with Gasteiger partial charge in [-0.3, -0.25) is 9.59 Å². The summed E-state index contributed by atoms with van der Waals surface area (Å²) >= 11 is 0. The van der Waals surface area contributed by atoms with Crippen molar-refractivity contribution in [2.24, 2.45) is 11.8 Å². The molecule has 0 radical (unpaired) electrons. The van der Waals surface area contributed by atoms with Crippen LogP contribution in [0.1, 0.15) is 35.9 Å². The minimum atomic E-state index is -0.380. The van der Waals surface area contributed by atoms with Crippen molar-refractivity contribution < 1.29 is 23.5 Å². The average molecular weight is 400 g/mol. The Labute approximate surface area is 171 Å². The van der Waals surface area contributed by atoms with E-state index >= 15 is 0 Å². The van der Waals surface area contributed by atoms with Gasteiger partial charge in [-0.15, -0.1) is 0 Å². The molecule has 3 rings (SSSR count). The third kappa shape index (κ3) is 4.55. The van der Waals surface area contributed by atoms with Crippen LogP contribution in [0.25, 0.3) is 0 Å². The molecule has 2 heterocycles. The van der Waals surface area contributed by atoms with Crippen molar-refractivity contribution in [1.29, 1.82) is 0 Å². The maximum Gasteiger partial charge on any atom is 0.289 e. The molecule has 1 aromatic carbocycles. The maximum absolute atomic E-state index is 13.0. The number of ether oxygens (including phenoxy) is 2. The summed E-state index contributed by atoms with van der Waals surface area (Å²) in [5, 5.41) is 3.01. The van der Waals surface area contributed by atoms with Crippen LogP contribution in [0.5, 0.6) is 11.5 Å². The first-order valence-corrected chi connectivity index (χ1v) is 9.77. The van der Waals surface area contributed by atoms with Crippen molar-refractivity contribution in [1.82, 2.24) is 10.2 Å². The lowest BCUT2D eigenvalue weighted by atomic mass is 9.87. The number of nitrogens with zero attached hydrogens (tertiary/aromatic N) is 1. The number of carbonyl (C=O) groups is 2. The fraction of sp³-hybridized carbons (Fsp3) is 0.455. The number of carbonyl (C=O) groups excluding carboxylic acids is 2. The highest BCUT2D eigenvalue weighted by molar-refractivity contribution is 5.92. The van der Waals surface area contributed by atoms with Gasteiger partial charge < -0.3 is 24.1 Å². The first-order valence-electron chi connectivity index (χ1n) is 9.77. The molecule has 0 spiro atoms. The van der Waals surface area contributed by atoms with Crippen LogP contribution in [-0.4, -0.2) is 50.6 Å². The zero-order chi connectivity index (χ0) is 21.0. The molecule has 1 fully saturated rings. The van der Waals surface area contributed by atoms with Gasteiger partial charge in [0, 0.05) is 37.2 Å². The second kappa shape index (κ2) is 9.03. The molecule has 2 amide bonds. The number of furan rings is 1. The summed E-state index contributed by atoms with van der Waals surface area (Å²) in [6.07, 6.45) is 1.47. The van der Waals surface area contributed by atoms with E-state index in [4.69, 9.17) is 13.9 Å². The molecule has 1 saturated heterocycles. The van der Waals surface area contributed by atoms with Crippen LogP contribution < -0.4 is 14.8 Å². The van der Waals surface area contributed by atoms with E-state index < -0.39 is 0 Å². The van der Waals surface area contributed by atoms with Crippen LogP contribution in [0.4, 0.5) is 0 Å². The highest BCUT2D eigenvalue weighted by Crippen LogP contribution is 2.39. The van der Waals surface area contributed by atoms with Gasteiger partial charge in [0.2, 0.25) is 5.91 Å². The monoisotopic (exact) mass is 400 g/mol. The molecule has 0 unspecified atom stereocenters. The van der Waals surface area contributed by atoms with Gasteiger partial charge in [-0.1, -0.05) is 19.9 Å². The Bertz CT molecular complexity index is 847. The SMILES string of the molecule is COc1ccc([C@@H]2CN(C(=O)c3ccco3)C[C@@H]2C(=O)NCC(C)C)c(OC)c1. The van der Waals surface area contributed by atoms with Crippen molar-refractivity contribution in [3.8, 4) is 11.5 Å². The first-order chi connectivity index (χ1) is 13.9. The minimum absolute atomic E-state index is 0.0590. The quantitative estimate of drug-likeness (QED) is 0.773. The normalized spacial score (nSPS) is 18.7. The molecular formula is C22H28N2O5. The Morgan fingerprint density at radius 2 is 2.00 bits per heavy atom. The molecule has 2 aromatic rings. The molecule has 7 heteroatoms. The highest BCUT2D eigenvalue weighted by Gasteiger charge is 2.42. The Morgan fingerprint density at radius 1 is 1.21 bits per heavy atom. The number of benzene rings is 1. The summed E-state index contributed by atoms with van der Waals surface area (Å²) in [6.45, 7) is 5.41. The molecule has 29 heavy (non-hydrogen) atoms. The van der Waals surface area contributed by atoms with Crippen LogP contribution in [-0.2, 0) is 4.79 Å². The molecule has 1 N–H and O–H groups in total. The standard InChI is InChI=1S/C22H28N2O5/c1-14(2)11-23-21(25)18-13-24(22(26)19-6-5-9-29-19)12-17(18)16-8-7-15(27-3)10-20(16)28-4/h5-10,14,17-18H,11-13H2,1-4H3,(H,23,25)/t17-,18-/m0/s1. The van der Waals surface area contributed by atoms with Gasteiger partial charge in [0.25, 0.3) is 5.91 Å². The number of hydrogen-bond acceptors (Lipinski definition) is 5. The van der Waals surface area contributed by atoms with Crippen LogP contribution >= 0.6 is 0 Å². The average Bonchev–Trinajstić information content (AvgIpc) is 3.41. The first kappa shape index (κ1) is 20.8. The molecule has 0 bridgehead atoms. The molecule has 0 saturated carbocycles. The van der Waals surface area contributed by atoms with Crippen molar-refractivity contribution >= 4 is 11.8 Å². The Morgan fingerprint density at radius 3 is 2.62 bits per heavy atom. The lowest BCUT2D eigenvalue weighted by Gasteiger charge is -2.21. The summed E-state index contributed by atoms with van der Waals surface area (Å²) < 4.78 is 16.1. The Kier molecular flexibility index (Phi) is 6.46. The number of nitrogens with one attached hydrogen (secondary N) is 1. The topological polar surface area (TPSA) is 81.0 Å². The molecule has 1 aliphatic rings. The Hall–Kier alpha value is -2.96. The molecule has 156 valence electrons. The molecule has 7 nitrogen and oxygen atoms in total. The Balaban J connectivity index is 1.90. The third-order valence-corrected chi connectivity index (χ3v) is 5.20. The van der Waals surface area contributed by atoms with Gasteiger partial charge in [0.05, 0.1) is 26.4 Å². The van der Waals surface area contributed by atoms with E-state index in [2.05, 4.69) is 5.32 Å². The molecule has 1 aromatic heterocycles. The summed E-state index contributed by atoms with van der Waals surface area (Å²) in [5.41, 5.74) is 0.882. The number of hydrogen-bond donors (Lipinski definition) is 1. The maximum atomic E-state index is 13.0. The van der Waals surface area contributed by atoms with E-state index in [0.29, 0.717) is 37.1 Å². The van der Waals surface area contributed by atoms with E-state index in [0.717, 1.165) is 5.56 Å². The van der Waals surface area contributed by atoms with Gasteiger partial charge in [-0.05, 0) is 24.1 Å². The van der Waals surface area contributed by atoms with Gasteiger partial charge in [0.15, 0.2) is 5.76 Å². The van der Waals surface area contributed by atoms with E-state index in [1.807, 2.05) is 26.0 Å². The van der Waals surface area contributed by atoms with E-state index in [9.17, 15) is 9.59 Å². The zero-order valence-corrected chi connectivity index (χ0v) is 17.3. The number of methoxy groups -OCH3 is 2. The van der Waals surface area contributed by atoms with Gasteiger partial charge in [-0.2, -0.15) is 0 Å². The van der Waals surface area contributed by atoms with Crippen LogP contribution in [0, 0.1) is 11.8 Å². The number of amides is 2. The van der Waals surface area contributed by atoms with Crippen molar-refractivity contribution in [3.63, 3.8) is 0 Å². The third-order valence-electron chi connectivity index (χ3n) is 5.20. The second-order valence-corrected chi connectivity index (χ2v) is 7.65. The largest absolute Gasteiger partial charge is 0.497 e. The van der Waals surface area contributed by atoms with Crippen LogP contribution in [0.3, 0.4) is 0 Å². The number of rotatable bonds is 7. The fourth-order valence-corrected chi connectivity index (χ4v) is 3.67. The van der Waals surface area contributed by atoms with Crippen LogP contribution in [0.15, 0.2) is 41.0 Å². The predicted octanol–water partition coefficient (Wildman–Crippen LogP) is 2.92. The van der Waals surface area contributed by atoms with Crippen molar-refractivity contribution in [3.05, 3.63) is 47.9 Å². The fourth-order valence-electron chi connectivity index (χ4n) is 3.67. The van der Waals surface area contributed by atoms with E-state index in [1.54, 1.807) is 37.3 Å². The molecule has 1 aliphatic heterocycles.